The van der Waals surface area contributed by atoms with E-state index in [1.54, 1.807) is 48.5 Å². The molecule has 4 N–H and O–H groups in total. The van der Waals surface area contributed by atoms with Crippen LogP contribution < -0.4 is 10.7 Å². The van der Waals surface area contributed by atoms with E-state index in [0.717, 1.165) is 24.4 Å². The fourth-order valence-electron chi connectivity index (χ4n) is 2.69. The smallest absolute Gasteiger partial charge is 0.287 e. The molecule has 0 aliphatic carbocycles. The fourth-order valence-corrected chi connectivity index (χ4v) is 2.69. The molecule has 3 aromatic rings. The highest BCUT2D eigenvalue weighted by molar-refractivity contribution is 6.05. The Hall–Kier alpha value is -4.99. The van der Waals surface area contributed by atoms with Crippen molar-refractivity contribution in [3.8, 4) is 11.5 Å². The number of nitrogens with zero attached hydrogens (tertiary/aromatic N) is 2. The third-order valence-corrected chi connectivity index (χ3v) is 4.36. The van der Waals surface area contributed by atoms with Crippen LogP contribution in [0.25, 0.3) is 6.08 Å². The number of nitro benzene ring substituents is 1. The first-order valence-electron chi connectivity index (χ1n) is 9.52. The zero-order valence-corrected chi connectivity index (χ0v) is 17.0. The van der Waals surface area contributed by atoms with Gasteiger partial charge in [-0.15, -0.1) is 0 Å². The van der Waals surface area contributed by atoms with Crippen LogP contribution in [0.4, 0.5) is 5.69 Å². The number of amides is 2. The highest BCUT2D eigenvalue weighted by Gasteiger charge is 2.15. The van der Waals surface area contributed by atoms with Crippen LogP contribution in [0, 0.1) is 10.1 Å². The van der Waals surface area contributed by atoms with Gasteiger partial charge in [0.2, 0.25) is 0 Å². The molecular formula is C23H18N4O6. The monoisotopic (exact) mass is 446 g/mol. The van der Waals surface area contributed by atoms with Gasteiger partial charge in [-0.05, 0) is 30.3 Å². The van der Waals surface area contributed by atoms with Gasteiger partial charge in [-0.1, -0.05) is 36.4 Å². The lowest BCUT2D eigenvalue weighted by Gasteiger charge is -2.10. The van der Waals surface area contributed by atoms with E-state index in [9.17, 15) is 29.9 Å². The van der Waals surface area contributed by atoms with Crippen molar-refractivity contribution < 1.29 is 24.7 Å². The summed E-state index contributed by atoms with van der Waals surface area (Å²) in [4.78, 5) is 35.5. The molecule has 0 atom stereocenters. The molecule has 0 unspecified atom stereocenters. The van der Waals surface area contributed by atoms with Crippen molar-refractivity contribution in [1.29, 1.82) is 0 Å². The number of nitro groups is 1. The molecule has 0 saturated heterocycles. The van der Waals surface area contributed by atoms with Gasteiger partial charge in [0.05, 0.1) is 11.1 Å². The van der Waals surface area contributed by atoms with Crippen LogP contribution in [0.5, 0.6) is 11.5 Å². The SMILES string of the molecule is O=C(N/N=C/c1cc([N+](=O)[O-])ccc1O)/C(=C/c1ccccc1O)NC(=O)c1ccccc1. The van der Waals surface area contributed by atoms with Gasteiger partial charge < -0.3 is 15.5 Å². The van der Waals surface area contributed by atoms with Gasteiger partial charge >= 0.3 is 0 Å². The summed E-state index contributed by atoms with van der Waals surface area (Å²) in [6, 6.07) is 17.7. The Morgan fingerprint density at radius 1 is 0.909 bits per heavy atom. The highest BCUT2D eigenvalue weighted by atomic mass is 16.6. The van der Waals surface area contributed by atoms with E-state index in [1.165, 1.54) is 12.1 Å². The molecule has 0 heterocycles. The summed E-state index contributed by atoms with van der Waals surface area (Å²) in [5, 5.41) is 36.9. The van der Waals surface area contributed by atoms with E-state index in [2.05, 4.69) is 15.8 Å². The first-order chi connectivity index (χ1) is 15.8. The van der Waals surface area contributed by atoms with Gasteiger partial charge in [0.15, 0.2) is 0 Å². The molecule has 0 saturated carbocycles. The lowest BCUT2D eigenvalue weighted by molar-refractivity contribution is -0.384. The third kappa shape index (κ3) is 6.01. The largest absolute Gasteiger partial charge is 0.507 e. The number of benzene rings is 3. The number of phenols is 2. The number of non-ortho nitro benzene ring substituents is 1. The number of rotatable bonds is 7. The van der Waals surface area contributed by atoms with E-state index in [0.29, 0.717) is 5.56 Å². The van der Waals surface area contributed by atoms with Crippen molar-refractivity contribution in [2.45, 2.75) is 0 Å². The molecule has 0 aliphatic rings. The van der Waals surface area contributed by atoms with Crippen molar-refractivity contribution in [2.75, 3.05) is 0 Å². The Bertz CT molecular complexity index is 1250. The van der Waals surface area contributed by atoms with Gasteiger partial charge in [-0.2, -0.15) is 5.10 Å². The predicted molar refractivity (Wildman–Crippen MR) is 120 cm³/mol. The first-order valence-corrected chi connectivity index (χ1v) is 9.52. The maximum Gasteiger partial charge on any atom is 0.287 e. The van der Waals surface area contributed by atoms with Crippen molar-refractivity contribution in [2.24, 2.45) is 5.10 Å². The molecule has 0 fully saturated rings. The van der Waals surface area contributed by atoms with Crippen molar-refractivity contribution in [3.05, 3.63) is 105 Å². The number of para-hydroxylation sites is 1. The molecule has 0 aromatic heterocycles. The van der Waals surface area contributed by atoms with Crippen molar-refractivity contribution in [1.82, 2.24) is 10.7 Å². The molecule has 10 nitrogen and oxygen atoms in total. The average Bonchev–Trinajstić information content (AvgIpc) is 2.81. The van der Waals surface area contributed by atoms with E-state index in [1.807, 2.05) is 0 Å². The Morgan fingerprint density at radius 3 is 2.27 bits per heavy atom. The quantitative estimate of drug-likeness (QED) is 0.189. The zero-order chi connectivity index (χ0) is 23.8. The summed E-state index contributed by atoms with van der Waals surface area (Å²) in [6.45, 7) is 0. The molecule has 166 valence electrons. The van der Waals surface area contributed by atoms with Gasteiger partial charge in [0.25, 0.3) is 17.5 Å². The number of carbonyl (C=O) groups excluding carboxylic acids is 2. The van der Waals surface area contributed by atoms with Gasteiger partial charge in [-0.3, -0.25) is 19.7 Å². The Morgan fingerprint density at radius 2 is 1.58 bits per heavy atom. The summed E-state index contributed by atoms with van der Waals surface area (Å²) in [6.07, 6.45) is 2.29. The van der Waals surface area contributed by atoms with Crippen molar-refractivity contribution in [3.63, 3.8) is 0 Å². The van der Waals surface area contributed by atoms with Crippen LogP contribution >= 0.6 is 0 Å². The summed E-state index contributed by atoms with van der Waals surface area (Å²) in [5.41, 5.74) is 2.29. The zero-order valence-electron chi connectivity index (χ0n) is 17.0. The second-order valence-corrected chi connectivity index (χ2v) is 6.64. The molecule has 0 bridgehead atoms. The summed E-state index contributed by atoms with van der Waals surface area (Å²) in [5.74, 6) is -1.78. The lowest BCUT2D eigenvalue weighted by atomic mass is 10.1. The Labute approximate surface area is 187 Å². The number of nitrogens with one attached hydrogen (secondary N) is 2. The van der Waals surface area contributed by atoms with Crippen molar-refractivity contribution >= 4 is 29.8 Å². The summed E-state index contributed by atoms with van der Waals surface area (Å²) in [7, 11) is 0. The number of phenolic OH excluding ortho intramolecular Hbond substituents is 2. The molecule has 0 radical (unpaired) electrons. The second kappa shape index (κ2) is 10.4. The number of hydrogen-bond acceptors (Lipinski definition) is 7. The topological polar surface area (TPSA) is 154 Å². The average molecular weight is 446 g/mol. The molecular weight excluding hydrogens is 428 g/mol. The first kappa shape index (κ1) is 22.7. The number of carbonyl (C=O) groups is 2. The maximum atomic E-state index is 12.7. The standard InChI is InChI=1S/C23H18N4O6/c28-20-9-5-4-8-16(20)13-19(25-22(30)15-6-2-1-3-7-15)23(31)26-24-14-17-12-18(27(32)33)10-11-21(17)29/h1-14,28-29H,(H,25,30)(H,26,31)/b19-13-,24-14+. The predicted octanol–water partition coefficient (Wildman–Crippen LogP) is 2.93. The van der Waals surface area contributed by atoms with Gasteiger partial charge in [-0.25, -0.2) is 5.43 Å². The van der Waals surface area contributed by atoms with Crippen LogP contribution in [-0.2, 0) is 4.79 Å². The van der Waals surface area contributed by atoms with Gasteiger partial charge in [0.1, 0.15) is 17.2 Å². The molecule has 0 aliphatic heterocycles. The normalized spacial score (nSPS) is 11.2. The number of hydrogen-bond donors (Lipinski definition) is 4. The van der Waals surface area contributed by atoms with E-state index in [4.69, 9.17) is 0 Å². The molecule has 3 aromatic carbocycles. The summed E-state index contributed by atoms with van der Waals surface area (Å²) >= 11 is 0. The minimum absolute atomic E-state index is 0.00375. The maximum absolute atomic E-state index is 12.7. The third-order valence-electron chi connectivity index (χ3n) is 4.36. The van der Waals surface area contributed by atoms with Crippen LogP contribution in [0.15, 0.2) is 83.6 Å². The van der Waals surface area contributed by atoms with E-state index in [-0.39, 0.29) is 34.0 Å². The van der Waals surface area contributed by atoms with Crippen LogP contribution in [0.2, 0.25) is 0 Å². The summed E-state index contributed by atoms with van der Waals surface area (Å²) < 4.78 is 0. The minimum Gasteiger partial charge on any atom is -0.507 e. The Balaban J connectivity index is 1.84. The van der Waals surface area contributed by atoms with Gasteiger partial charge in [0, 0.05) is 28.8 Å². The molecule has 0 spiro atoms. The highest BCUT2D eigenvalue weighted by Crippen LogP contribution is 2.21. The lowest BCUT2D eigenvalue weighted by Crippen LogP contribution is -2.32. The van der Waals surface area contributed by atoms with Crippen LogP contribution in [0.3, 0.4) is 0 Å². The van der Waals surface area contributed by atoms with E-state index >= 15 is 0 Å². The molecule has 3 rings (SSSR count). The number of hydrazone groups is 1. The molecule has 10 heteroatoms. The van der Waals surface area contributed by atoms with Crippen LogP contribution in [0.1, 0.15) is 21.5 Å². The number of aromatic hydroxyl groups is 2. The second-order valence-electron chi connectivity index (χ2n) is 6.64. The Kier molecular flexibility index (Phi) is 7.12. The molecule has 33 heavy (non-hydrogen) atoms. The van der Waals surface area contributed by atoms with Crippen LogP contribution in [-0.4, -0.2) is 33.2 Å². The fraction of sp³-hybridized carbons (Fsp3) is 0. The minimum atomic E-state index is -0.830. The van der Waals surface area contributed by atoms with E-state index < -0.39 is 16.7 Å². The molecule has 2 amide bonds.